The third-order valence-corrected chi connectivity index (χ3v) is 5.82. The maximum absolute atomic E-state index is 12.9. The van der Waals surface area contributed by atoms with Gasteiger partial charge in [-0.3, -0.25) is 9.59 Å². The lowest BCUT2D eigenvalue weighted by Crippen LogP contribution is -2.05. The minimum Gasteiger partial charge on any atom is -0.469 e. The molecule has 0 saturated carbocycles. The molecular formula is C19H17ClO3S. The number of hydrogen-bond acceptors (Lipinski definition) is 4. The third-order valence-electron chi connectivity index (χ3n) is 4.18. The van der Waals surface area contributed by atoms with Crippen LogP contribution >= 0.6 is 22.9 Å². The first-order valence-corrected chi connectivity index (χ1v) is 8.92. The summed E-state index contributed by atoms with van der Waals surface area (Å²) in [6, 6.07) is 9.54. The minimum absolute atomic E-state index is 0.0218. The Hall–Kier alpha value is -1.91. The highest BCUT2D eigenvalue weighted by Gasteiger charge is 2.14. The predicted molar refractivity (Wildman–Crippen MR) is 100 cm³/mol. The maximum Gasteiger partial charge on any atom is 0.305 e. The molecule has 0 atom stereocenters. The Balaban J connectivity index is 2.17. The second kappa shape index (κ2) is 6.91. The van der Waals surface area contributed by atoms with Gasteiger partial charge in [-0.2, -0.15) is 0 Å². The fourth-order valence-corrected chi connectivity index (χ4v) is 4.37. The van der Waals surface area contributed by atoms with Crippen LogP contribution in [0.5, 0.6) is 0 Å². The summed E-state index contributed by atoms with van der Waals surface area (Å²) >= 11 is 7.96. The molecule has 3 nitrogen and oxygen atoms in total. The summed E-state index contributed by atoms with van der Waals surface area (Å²) in [4.78, 5) is 24.2. The molecule has 3 aromatic rings. The Morgan fingerprint density at radius 2 is 2.04 bits per heavy atom. The zero-order valence-electron chi connectivity index (χ0n) is 13.5. The monoisotopic (exact) mass is 360 g/mol. The molecule has 0 unspecified atom stereocenters. The molecule has 0 fully saturated rings. The van der Waals surface area contributed by atoms with Crippen molar-refractivity contribution in [2.45, 2.75) is 26.2 Å². The highest BCUT2D eigenvalue weighted by atomic mass is 35.5. The highest BCUT2D eigenvalue weighted by molar-refractivity contribution is 7.24. The van der Waals surface area contributed by atoms with Gasteiger partial charge < -0.3 is 4.74 Å². The molecule has 0 amide bonds. The van der Waals surface area contributed by atoms with Gasteiger partial charge in [0.2, 0.25) is 0 Å². The molecule has 0 aliphatic rings. The van der Waals surface area contributed by atoms with Gasteiger partial charge in [0.15, 0.2) is 5.43 Å². The van der Waals surface area contributed by atoms with Gasteiger partial charge in [-0.15, -0.1) is 11.3 Å². The molecule has 1 aromatic heterocycles. The lowest BCUT2D eigenvalue weighted by molar-refractivity contribution is -0.140. The second-order valence-electron chi connectivity index (χ2n) is 5.70. The number of carbonyl (C=O) groups excluding carboxylic acids is 1. The van der Waals surface area contributed by atoms with Gasteiger partial charge in [0.25, 0.3) is 0 Å². The van der Waals surface area contributed by atoms with Crippen LogP contribution in [0, 0.1) is 6.92 Å². The van der Waals surface area contributed by atoms with Crippen LogP contribution in [0.15, 0.2) is 35.1 Å². The average Bonchev–Trinajstić information content (AvgIpc) is 2.59. The van der Waals surface area contributed by atoms with Crippen molar-refractivity contribution in [3.05, 3.63) is 56.7 Å². The van der Waals surface area contributed by atoms with E-state index in [4.69, 9.17) is 11.6 Å². The van der Waals surface area contributed by atoms with Gasteiger partial charge in [0, 0.05) is 31.6 Å². The van der Waals surface area contributed by atoms with Crippen LogP contribution in [-0.2, 0) is 16.0 Å². The zero-order chi connectivity index (χ0) is 17.3. The van der Waals surface area contributed by atoms with E-state index in [9.17, 15) is 9.59 Å². The molecule has 2 aromatic carbocycles. The van der Waals surface area contributed by atoms with Crippen molar-refractivity contribution in [1.29, 1.82) is 0 Å². The number of benzene rings is 2. The molecule has 1 heterocycles. The normalized spacial score (nSPS) is 11.1. The van der Waals surface area contributed by atoms with Crippen LogP contribution in [0.4, 0.5) is 0 Å². The summed E-state index contributed by atoms with van der Waals surface area (Å²) < 4.78 is 6.61. The Morgan fingerprint density at radius 3 is 2.79 bits per heavy atom. The van der Waals surface area contributed by atoms with E-state index in [1.54, 1.807) is 11.3 Å². The average molecular weight is 361 g/mol. The quantitative estimate of drug-likeness (QED) is 0.492. The van der Waals surface area contributed by atoms with Crippen LogP contribution < -0.4 is 5.43 Å². The minimum atomic E-state index is -0.226. The first-order chi connectivity index (χ1) is 11.5. The number of halogens is 1. The molecule has 0 aliphatic carbocycles. The number of hydrogen-bond donors (Lipinski definition) is 0. The van der Waals surface area contributed by atoms with Crippen LogP contribution in [0.25, 0.3) is 20.2 Å². The summed E-state index contributed by atoms with van der Waals surface area (Å²) in [5.74, 6) is -0.226. The van der Waals surface area contributed by atoms with E-state index in [1.807, 2.05) is 37.3 Å². The Bertz CT molecular complexity index is 991. The number of carbonyl (C=O) groups is 1. The molecule has 5 heteroatoms. The SMILES string of the molecule is COC(=O)CCCc1cc(Cl)c(C)c2c(=O)c3ccccc3sc12. The van der Waals surface area contributed by atoms with Crippen molar-refractivity contribution in [3.8, 4) is 0 Å². The van der Waals surface area contributed by atoms with Crippen LogP contribution in [0.2, 0.25) is 5.02 Å². The topological polar surface area (TPSA) is 43.4 Å². The van der Waals surface area contributed by atoms with E-state index in [2.05, 4.69) is 4.74 Å². The number of esters is 1. The zero-order valence-corrected chi connectivity index (χ0v) is 15.1. The number of methoxy groups -OCH3 is 1. The lowest BCUT2D eigenvalue weighted by Gasteiger charge is -2.11. The molecule has 0 N–H and O–H groups in total. The highest BCUT2D eigenvalue weighted by Crippen LogP contribution is 2.33. The largest absolute Gasteiger partial charge is 0.469 e. The van der Waals surface area contributed by atoms with Gasteiger partial charge in [0.05, 0.1) is 7.11 Å². The second-order valence-corrected chi connectivity index (χ2v) is 7.16. The van der Waals surface area contributed by atoms with Crippen molar-refractivity contribution >= 4 is 49.1 Å². The van der Waals surface area contributed by atoms with Crippen molar-refractivity contribution in [1.82, 2.24) is 0 Å². The molecule has 0 saturated heterocycles. The van der Waals surface area contributed by atoms with E-state index in [0.29, 0.717) is 29.7 Å². The molecule has 3 rings (SSSR count). The van der Waals surface area contributed by atoms with Gasteiger partial charge in [-0.1, -0.05) is 23.7 Å². The van der Waals surface area contributed by atoms with Crippen LogP contribution in [-0.4, -0.2) is 13.1 Å². The third kappa shape index (κ3) is 3.04. The Morgan fingerprint density at radius 1 is 1.29 bits per heavy atom. The summed E-state index contributed by atoms with van der Waals surface area (Å²) in [7, 11) is 1.39. The van der Waals surface area contributed by atoms with Crippen molar-refractivity contribution < 1.29 is 9.53 Å². The Labute approximate surface area is 148 Å². The van der Waals surface area contributed by atoms with E-state index >= 15 is 0 Å². The molecule has 0 bridgehead atoms. The standard InChI is InChI=1S/C19H17ClO3S/c1-11-14(20)10-12(6-5-9-16(21)23-2)19-17(11)18(22)13-7-3-4-8-15(13)24-19/h3-4,7-8,10H,5-6,9H2,1-2H3. The summed E-state index contributed by atoms with van der Waals surface area (Å²) in [6.45, 7) is 1.88. The first kappa shape index (κ1) is 16.9. The van der Waals surface area contributed by atoms with E-state index in [0.717, 1.165) is 25.9 Å². The number of rotatable bonds is 4. The smallest absolute Gasteiger partial charge is 0.305 e. The van der Waals surface area contributed by atoms with Crippen molar-refractivity contribution in [2.75, 3.05) is 7.11 Å². The van der Waals surface area contributed by atoms with E-state index < -0.39 is 0 Å². The molecule has 0 spiro atoms. The van der Waals surface area contributed by atoms with E-state index in [-0.39, 0.29) is 11.4 Å². The number of aryl methyl sites for hydroxylation is 2. The lowest BCUT2D eigenvalue weighted by atomic mass is 10.0. The van der Waals surface area contributed by atoms with Gasteiger partial charge in [-0.05, 0) is 49.1 Å². The molecular weight excluding hydrogens is 344 g/mol. The van der Waals surface area contributed by atoms with Crippen LogP contribution in [0.3, 0.4) is 0 Å². The Kier molecular flexibility index (Phi) is 4.88. The summed E-state index contributed by atoms with van der Waals surface area (Å²) in [5.41, 5.74) is 1.85. The summed E-state index contributed by atoms with van der Waals surface area (Å²) in [5, 5.41) is 2.01. The molecule has 24 heavy (non-hydrogen) atoms. The van der Waals surface area contributed by atoms with Gasteiger partial charge in [-0.25, -0.2) is 0 Å². The number of fused-ring (bicyclic) bond motifs is 2. The maximum atomic E-state index is 12.9. The molecule has 0 radical (unpaired) electrons. The van der Waals surface area contributed by atoms with E-state index in [1.165, 1.54) is 7.11 Å². The fourth-order valence-electron chi connectivity index (χ4n) is 2.87. The number of ether oxygens (including phenoxy) is 1. The van der Waals surface area contributed by atoms with Gasteiger partial charge >= 0.3 is 5.97 Å². The fraction of sp³-hybridized carbons (Fsp3) is 0.263. The van der Waals surface area contributed by atoms with Crippen LogP contribution in [0.1, 0.15) is 24.0 Å². The summed E-state index contributed by atoms with van der Waals surface area (Å²) in [6.07, 6.45) is 1.70. The van der Waals surface area contributed by atoms with Gasteiger partial charge in [0.1, 0.15) is 0 Å². The van der Waals surface area contributed by atoms with Crippen molar-refractivity contribution in [2.24, 2.45) is 0 Å². The van der Waals surface area contributed by atoms with Crippen molar-refractivity contribution in [3.63, 3.8) is 0 Å². The predicted octanol–water partition coefficient (Wildman–Crippen LogP) is 4.87. The molecule has 124 valence electrons. The molecule has 0 aliphatic heterocycles. The first-order valence-electron chi connectivity index (χ1n) is 7.73.